The fraction of sp³-hybridized carbons (Fsp3) is 0.462. The van der Waals surface area contributed by atoms with Gasteiger partial charge >= 0.3 is 0 Å². The van der Waals surface area contributed by atoms with Gasteiger partial charge < -0.3 is 15.6 Å². The van der Waals surface area contributed by atoms with Crippen LogP contribution >= 0.6 is 0 Å². The number of amidine groups is 1. The van der Waals surface area contributed by atoms with Gasteiger partial charge in [0.2, 0.25) is 0 Å². The van der Waals surface area contributed by atoms with Crippen molar-refractivity contribution < 1.29 is 9.84 Å². The second kappa shape index (κ2) is 4.75. The van der Waals surface area contributed by atoms with Gasteiger partial charge in [-0.05, 0) is 30.5 Å². The van der Waals surface area contributed by atoms with E-state index in [-0.39, 0.29) is 17.9 Å². The summed E-state index contributed by atoms with van der Waals surface area (Å²) in [5.74, 6) is 1.04. The zero-order valence-corrected chi connectivity index (χ0v) is 9.78. The summed E-state index contributed by atoms with van der Waals surface area (Å²) in [6.07, 6.45) is 2.80. The molecule has 17 heavy (non-hydrogen) atoms. The van der Waals surface area contributed by atoms with Crippen LogP contribution in [0.15, 0.2) is 24.3 Å². The van der Waals surface area contributed by atoms with Crippen molar-refractivity contribution in [2.24, 2.45) is 11.1 Å². The lowest BCUT2D eigenvalue weighted by Crippen LogP contribution is -2.21. The van der Waals surface area contributed by atoms with Crippen LogP contribution in [0.4, 0.5) is 0 Å². The number of benzene rings is 1. The fourth-order valence-corrected chi connectivity index (χ4v) is 1.88. The van der Waals surface area contributed by atoms with Gasteiger partial charge in [-0.25, -0.2) is 0 Å². The molecule has 1 saturated carbocycles. The van der Waals surface area contributed by atoms with E-state index in [1.165, 1.54) is 0 Å². The van der Waals surface area contributed by atoms with E-state index in [1.807, 2.05) is 24.3 Å². The number of aliphatic hydroxyl groups is 1. The summed E-state index contributed by atoms with van der Waals surface area (Å²) in [5.41, 5.74) is 6.40. The van der Waals surface area contributed by atoms with Crippen LogP contribution in [0.3, 0.4) is 0 Å². The molecule has 0 heterocycles. The Morgan fingerprint density at radius 2 is 2.00 bits per heavy atom. The number of aliphatic hydroxyl groups excluding tert-OH is 1. The van der Waals surface area contributed by atoms with E-state index < -0.39 is 0 Å². The molecule has 1 aliphatic carbocycles. The van der Waals surface area contributed by atoms with Crippen molar-refractivity contribution in [2.75, 3.05) is 6.61 Å². The fourth-order valence-electron chi connectivity index (χ4n) is 1.88. The number of rotatable bonds is 6. The molecular formula is C13H18N2O2. The van der Waals surface area contributed by atoms with Gasteiger partial charge in [-0.2, -0.15) is 0 Å². The Balaban J connectivity index is 1.87. The van der Waals surface area contributed by atoms with E-state index in [9.17, 15) is 0 Å². The summed E-state index contributed by atoms with van der Waals surface area (Å²) in [6, 6.07) is 7.41. The summed E-state index contributed by atoms with van der Waals surface area (Å²) >= 11 is 0. The Morgan fingerprint density at radius 3 is 2.47 bits per heavy atom. The minimum Gasteiger partial charge on any atom is -0.493 e. The largest absolute Gasteiger partial charge is 0.493 e. The molecule has 0 aliphatic heterocycles. The van der Waals surface area contributed by atoms with Crippen molar-refractivity contribution in [3.63, 3.8) is 0 Å². The smallest absolute Gasteiger partial charge is 0.119 e. The molecule has 0 unspecified atom stereocenters. The predicted octanol–water partition coefficient (Wildman–Crippen LogP) is 1.66. The van der Waals surface area contributed by atoms with Crippen molar-refractivity contribution in [3.8, 4) is 5.75 Å². The normalized spacial score (nSPS) is 16.5. The van der Waals surface area contributed by atoms with E-state index >= 15 is 0 Å². The average molecular weight is 234 g/mol. The van der Waals surface area contributed by atoms with E-state index in [2.05, 4.69) is 0 Å². The summed E-state index contributed by atoms with van der Waals surface area (Å²) in [4.78, 5) is 0. The van der Waals surface area contributed by atoms with Crippen LogP contribution in [0.25, 0.3) is 0 Å². The van der Waals surface area contributed by atoms with E-state index in [0.29, 0.717) is 13.0 Å². The SMILES string of the molecule is N=C(N)CC1(COc2ccc(CO)cc2)CC1. The molecule has 0 atom stereocenters. The maximum absolute atomic E-state index is 8.92. The van der Waals surface area contributed by atoms with Crippen LogP contribution in [0.2, 0.25) is 0 Å². The molecule has 1 fully saturated rings. The van der Waals surface area contributed by atoms with Crippen LogP contribution < -0.4 is 10.5 Å². The average Bonchev–Trinajstić information content (AvgIpc) is 3.06. The molecule has 1 aromatic carbocycles. The Kier molecular flexibility index (Phi) is 3.33. The summed E-state index contributed by atoms with van der Waals surface area (Å²) in [6.45, 7) is 0.666. The van der Waals surface area contributed by atoms with Crippen LogP contribution in [-0.4, -0.2) is 17.5 Å². The number of hydrogen-bond acceptors (Lipinski definition) is 3. The third kappa shape index (κ3) is 3.20. The molecular weight excluding hydrogens is 216 g/mol. The monoisotopic (exact) mass is 234 g/mol. The lowest BCUT2D eigenvalue weighted by molar-refractivity contribution is 0.238. The predicted molar refractivity (Wildman–Crippen MR) is 66.1 cm³/mol. The van der Waals surface area contributed by atoms with E-state index in [1.54, 1.807) is 0 Å². The lowest BCUT2D eigenvalue weighted by Gasteiger charge is -2.15. The molecule has 92 valence electrons. The first-order chi connectivity index (χ1) is 8.13. The quantitative estimate of drug-likeness (QED) is 0.517. The second-order valence-electron chi connectivity index (χ2n) is 4.79. The molecule has 1 aliphatic rings. The number of nitrogens with one attached hydrogen (secondary N) is 1. The molecule has 0 aromatic heterocycles. The Labute approximate surface area is 101 Å². The maximum Gasteiger partial charge on any atom is 0.119 e. The number of hydrogen-bond donors (Lipinski definition) is 3. The first-order valence-electron chi connectivity index (χ1n) is 5.79. The highest BCUT2D eigenvalue weighted by atomic mass is 16.5. The van der Waals surface area contributed by atoms with Gasteiger partial charge in [-0.1, -0.05) is 12.1 Å². The van der Waals surface area contributed by atoms with Crippen molar-refractivity contribution in [2.45, 2.75) is 25.9 Å². The molecule has 1 aromatic rings. The van der Waals surface area contributed by atoms with Crippen LogP contribution in [-0.2, 0) is 6.61 Å². The Morgan fingerprint density at radius 1 is 1.35 bits per heavy atom. The minimum absolute atomic E-state index is 0.0502. The van der Waals surface area contributed by atoms with Gasteiger partial charge in [0, 0.05) is 11.8 Å². The Hall–Kier alpha value is -1.55. The van der Waals surface area contributed by atoms with Crippen molar-refractivity contribution in [1.29, 1.82) is 5.41 Å². The zero-order chi connectivity index (χ0) is 12.3. The topological polar surface area (TPSA) is 79.3 Å². The van der Waals surface area contributed by atoms with Crippen LogP contribution in [0.1, 0.15) is 24.8 Å². The number of nitrogens with two attached hydrogens (primary N) is 1. The van der Waals surface area contributed by atoms with Crippen molar-refractivity contribution >= 4 is 5.84 Å². The highest BCUT2D eigenvalue weighted by Gasteiger charge is 2.43. The molecule has 0 bridgehead atoms. The third-order valence-corrected chi connectivity index (χ3v) is 3.17. The second-order valence-corrected chi connectivity index (χ2v) is 4.79. The molecule has 0 amide bonds. The first kappa shape index (κ1) is 11.9. The van der Waals surface area contributed by atoms with Gasteiger partial charge in [0.15, 0.2) is 0 Å². The van der Waals surface area contributed by atoms with Crippen LogP contribution in [0, 0.1) is 10.8 Å². The summed E-state index contributed by atoms with van der Waals surface area (Å²) in [5, 5.41) is 16.2. The number of ether oxygens (including phenoxy) is 1. The van der Waals surface area contributed by atoms with Crippen molar-refractivity contribution in [3.05, 3.63) is 29.8 Å². The summed E-state index contributed by atoms with van der Waals surface area (Å²) in [7, 11) is 0. The first-order valence-corrected chi connectivity index (χ1v) is 5.79. The minimum atomic E-state index is 0.0502. The highest BCUT2D eigenvalue weighted by Crippen LogP contribution is 2.48. The zero-order valence-electron chi connectivity index (χ0n) is 9.78. The molecule has 0 radical (unpaired) electrons. The summed E-state index contributed by atoms with van der Waals surface area (Å²) < 4.78 is 5.70. The van der Waals surface area contributed by atoms with Gasteiger partial charge in [0.05, 0.1) is 19.0 Å². The van der Waals surface area contributed by atoms with Gasteiger partial charge in [0.1, 0.15) is 5.75 Å². The standard InChI is InChI=1S/C13H18N2O2/c14-12(15)7-13(5-6-13)9-17-11-3-1-10(8-16)2-4-11/h1-4,16H,5-9H2,(H3,14,15). The van der Waals surface area contributed by atoms with Crippen molar-refractivity contribution in [1.82, 2.24) is 0 Å². The lowest BCUT2D eigenvalue weighted by atomic mass is 10.0. The Bertz CT molecular complexity index is 396. The molecule has 0 spiro atoms. The molecule has 4 heteroatoms. The molecule has 4 nitrogen and oxygen atoms in total. The molecule has 2 rings (SSSR count). The van der Waals surface area contributed by atoms with Gasteiger partial charge in [0.25, 0.3) is 0 Å². The van der Waals surface area contributed by atoms with E-state index in [4.69, 9.17) is 21.0 Å². The van der Waals surface area contributed by atoms with Gasteiger partial charge in [-0.15, -0.1) is 0 Å². The van der Waals surface area contributed by atoms with E-state index in [0.717, 1.165) is 24.2 Å². The molecule has 4 N–H and O–H groups in total. The maximum atomic E-state index is 8.92. The third-order valence-electron chi connectivity index (χ3n) is 3.17. The highest BCUT2D eigenvalue weighted by molar-refractivity contribution is 5.78. The van der Waals surface area contributed by atoms with Crippen LogP contribution in [0.5, 0.6) is 5.75 Å². The van der Waals surface area contributed by atoms with Gasteiger partial charge in [-0.3, -0.25) is 5.41 Å². The molecule has 0 saturated heterocycles.